The van der Waals surface area contributed by atoms with E-state index in [9.17, 15) is 19.5 Å². The van der Waals surface area contributed by atoms with Crippen LogP contribution in [0.4, 0.5) is 4.79 Å². The molecule has 0 aromatic carbocycles. The smallest absolute Gasteiger partial charge is 0.326 e. The molecule has 1 fully saturated rings. The van der Waals surface area contributed by atoms with Gasteiger partial charge in [0.15, 0.2) is 0 Å². The van der Waals surface area contributed by atoms with E-state index in [1.807, 2.05) is 0 Å². The summed E-state index contributed by atoms with van der Waals surface area (Å²) in [6.45, 7) is 2.74. The maximum Gasteiger partial charge on any atom is 0.326 e. The Kier molecular flexibility index (Phi) is 3.80. The summed E-state index contributed by atoms with van der Waals surface area (Å²) in [4.78, 5) is 34.9. The fourth-order valence-corrected chi connectivity index (χ4v) is 1.67. The number of carboxylic acid groups (broad SMARTS) is 1. The number of β-amino-alcohol motifs (C(OH)–C–C–N with tert-alkyl or cyclic N) is 1. The molecule has 0 saturated carbocycles. The summed E-state index contributed by atoms with van der Waals surface area (Å²) in [6.07, 6.45) is -0.909. The summed E-state index contributed by atoms with van der Waals surface area (Å²) in [6, 6.07) is -1.83. The van der Waals surface area contributed by atoms with Gasteiger partial charge in [0.2, 0.25) is 5.91 Å². The first-order valence-corrected chi connectivity index (χ1v) is 5.44. The van der Waals surface area contributed by atoms with Crippen LogP contribution < -0.4 is 11.1 Å². The first-order valence-electron chi connectivity index (χ1n) is 5.44. The quantitative estimate of drug-likeness (QED) is 0.488. The normalized spacial score (nSPS) is 23.8. The van der Waals surface area contributed by atoms with Crippen molar-refractivity contribution in [3.8, 4) is 0 Å². The van der Waals surface area contributed by atoms with Crippen molar-refractivity contribution in [2.24, 2.45) is 5.73 Å². The van der Waals surface area contributed by atoms with Crippen LogP contribution in [-0.4, -0.2) is 57.3 Å². The van der Waals surface area contributed by atoms with Gasteiger partial charge in [-0.3, -0.25) is 4.79 Å². The van der Waals surface area contributed by atoms with E-state index < -0.39 is 35.6 Å². The number of aliphatic hydroxyl groups excluding tert-OH is 1. The Balaban J connectivity index is 2.78. The number of hydrogen-bond acceptors (Lipinski definition) is 4. The third kappa shape index (κ3) is 2.89. The number of likely N-dealkylation sites (tertiary alicyclic amines) is 1. The Morgan fingerprint density at radius 1 is 1.39 bits per heavy atom. The molecule has 1 aliphatic heterocycles. The van der Waals surface area contributed by atoms with Crippen molar-refractivity contribution >= 4 is 17.9 Å². The lowest BCUT2D eigenvalue weighted by Crippen LogP contribution is -2.58. The fourth-order valence-electron chi connectivity index (χ4n) is 1.67. The molecule has 1 rings (SSSR count). The molecule has 2 atom stereocenters. The van der Waals surface area contributed by atoms with Gasteiger partial charge < -0.3 is 26.2 Å². The predicted octanol–water partition coefficient (Wildman–Crippen LogP) is -1.52. The van der Waals surface area contributed by atoms with Crippen LogP contribution >= 0.6 is 0 Å². The Hall–Kier alpha value is -1.83. The Morgan fingerprint density at radius 3 is 2.39 bits per heavy atom. The molecule has 1 saturated heterocycles. The molecule has 0 aliphatic carbocycles. The van der Waals surface area contributed by atoms with E-state index in [1.165, 1.54) is 13.8 Å². The summed E-state index contributed by atoms with van der Waals surface area (Å²) < 4.78 is 0. The van der Waals surface area contributed by atoms with Crippen molar-refractivity contribution in [2.45, 2.75) is 38.0 Å². The molecule has 102 valence electrons. The highest BCUT2D eigenvalue weighted by Gasteiger charge is 2.41. The number of amides is 3. The number of hydrogen-bond donors (Lipinski definition) is 4. The SMILES string of the molecule is CC(C)(NC(=O)N1CC(O)C[C@H]1C(=O)O)C(N)=O. The molecule has 0 aromatic rings. The third-order valence-corrected chi connectivity index (χ3v) is 2.86. The monoisotopic (exact) mass is 259 g/mol. The molecule has 0 bridgehead atoms. The molecule has 0 radical (unpaired) electrons. The number of nitrogens with zero attached hydrogens (tertiary/aromatic N) is 1. The van der Waals surface area contributed by atoms with E-state index in [2.05, 4.69) is 5.32 Å². The molecular formula is C10H17N3O5. The van der Waals surface area contributed by atoms with Crippen molar-refractivity contribution in [1.29, 1.82) is 0 Å². The Bertz CT molecular complexity index is 382. The van der Waals surface area contributed by atoms with E-state index in [0.717, 1.165) is 4.90 Å². The van der Waals surface area contributed by atoms with Crippen molar-refractivity contribution in [2.75, 3.05) is 6.54 Å². The molecule has 18 heavy (non-hydrogen) atoms. The number of primary amides is 1. The molecule has 0 aromatic heterocycles. The second-order valence-corrected chi connectivity index (χ2v) is 4.82. The van der Waals surface area contributed by atoms with E-state index in [0.29, 0.717) is 0 Å². The maximum atomic E-state index is 11.9. The van der Waals surface area contributed by atoms with Crippen molar-refractivity contribution in [1.82, 2.24) is 10.2 Å². The highest BCUT2D eigenvalue weighted by Crippen LogP contribution is 2.19. The first-order chi connectivity index (χ1) is 8.15. The number of carboxylic acids is 1. The number of aliphatic carboxylic acids is 1. The van der Waals surface area contributed by atoms with Crippen molar-refractivity contribution in [3.63, 3.8) is 0 Å². The van der Waals surface area contributed by atoms with Gasteiger partial charge in [-0.1, -0.05) is 0 Å². The summed E-state index contributed by atoms with van der Waals surface area (Å²) in [5, 5.41) is 20.7. The zero-order valence-corrected chi connectivity index (χ0v) is 10.2. The van der Waals surface area contributed by atoms with Crippen LogP contribution in [-0.2, 0) is 9.59 Å². The topological polar surface area (TPSA) is 133 Å². The zero-order chi connectivity index (χ0) is 14.1. The molecule has 1 unspecified atom stereocenters. The van der Waals surface area contributed by atoms with Crippen LogP contribution in [0.3, 0.4) is 0 Å². The van der Waals surface area contributed by atoms with Gasteiger partial charge in [0.1, 0.15) is 11.6 Å². The fraction of sp³-hybridized carbons (Fsp3) is 0.700. The number of nitrogens with two attached hydrogens (primary N) is 1. The molecule has 1 heterocycles. The molecule has 8 nitrogen and oxygen atoms in total. The molecular weight excluding hydrogens is 242 g/mol. The van der Waals surface area contributed by atoms with Gasteiger partial charge in [0.25, 0.3) is 0 Å². The molecule has 1 aliphatic rings. The summed E-state index contributed by atoms with van der Waals surface area (Å²) in [5.41, 5.74) is 3.82. The van der Waals surface area contributed by atoms with E-state index in [-0.39, 0.29) is 13.0 Å². The van der Waals surface area contributed by atoms with Crippen LogP contribution in [0, 0.1) is 0 Å². The zero-order valence-electron chi connectivity index (χ0n) is 10.2. The number of carbonyl (C=O) groups excluding carboxylic acids is 2. The predicted molar refractivity (Wildman–Crippen MR) is 60.6 cm³/mol. The third-order valence-electron chi connectivity index (χ3n) is 2.86. The number of carbonyl (C=O) groups is 3. The van der Waals surface area contributed by atoms with Gasteiger partial charge in [0, 0.05) is 13.0 Å². The standard InChI is InChI=1S/C10H17N3O5/c1-10(2,8(11)17)12-9(18)13-4-5(14)3-6(13)7(15)16/h5-6,14H,3-4H2,1-2H3,(H2,11,17)(H,12,18)(H,15,16)/t5?,6-/m0/s1. The van der Waals surface area contributed by atoms with Gasteiger partial charge >= 0.3 is 12.0 Å². The lowest BCUT2D eigenvalue weighted by molar-refractivity contribution is -0.141. The second kappa shape index (κ2) is 4.81. The highest BCUT2D eigenvalue weighted by molar-refractivity contribution is 5.90. The summed E-state index contributed by atoms with van der Waals surface area (Å²) in [7, 11) is 0. The van der Waals surface area contributed by atoms with Crippen LogP contribution in [0.25, 0.3) is 0 Å². The van der Waals surface area contributed by atoms with Crippen molar-refractivity contribution < 1.29 is 24.6 Å². The lowest BCUT2D eigenvalue weighted by Gasteiger charge is -2.28. The summed E-state index contributed by atoms with van der Waals surface area (Å²) in [5.74, 6) is -1.93. The van der Waals surface area contributed by atoms with Gasteiger partial charge in [-0.15, -0.1) is 0 Å². The van der Waals surface area contributed by atoms with Crippen molar-refractivity contribution in [3.05, 3.63) is 0 Å². The average molecular weight is 259 g/mol. The minimum Gasteiger partial charge on any atom is -0.480 e. The van der Waals surface area contributed by atoms with E-state index in [4.69, 9.17) is 10.8 Å². The molecule has 8 heteroatoms. The number of urea groups is 1. The summed E-state index contributed by atoms with van der Waals surface area (Å²) >= 11 is 0. The minimum atomic E-state index is -1.28. The van der Waals surface area contributed by atoms with Crippen LogP contribution in [0.1, 0.15) is 20.3 Å². The largest absolute Gasteiger partial charge is 0.480 e. The van der Waals surface area contributed by atoms with Gasteiger partial charge in [-0.2, -0.15) is 0 Å². The average Bonchev–Trinajstić information content (AvgIpc) is 2.59. The second-order valence-electron chi connectivity index (χ2n) is 4.82. The Labute approximate surface area is 104 Å². The van der Waals surface area contributed by atoms with Gasteiger partial charge in [-0.05, 0) is 13.8 Å². The van der Waals surface area contributed by atoms with E-state index >= 15 is 0 Å². The lowest BCUT2D eigenvalue weighted by atomic mass is 10.1. The highest BCUT2D eigenvalue weighted by atomic mass is 16.4. The van der Waals surface area contributed by atoms with Crippen LogP contribution in [0.2, 0.25) is 0 Å². The number of nitrogens with one attached hydrogen (secondary N) is 1. The molecule has 5 N–H and O–H groups in total. The first kappa shape index (κ1) is 14.2. The maximum absolute atomic E-state index is 11.9. The van der Waals surface area contributed by atoms with Crippen LogP contribution in [0.5, 0.6) is 0 Å². The molecule has 3 amide bonds. The van der Waals surface area contributed by atoms with Crippen LogP contribution in [0.15, 0.2) is 0 Å². The molecule has 0 spiro atoms. The van der Waals surface area contributed by atoms with E-state index in [1.54, 1.807) is 0 Å². The van der Waals surface area contributed by atoms with Gasteiger partial charge in [0.05, 0.1) is 6.10 Å². The minimum absolute atomic E-state index is 0.0280. The number of aliphatic hydroxyl groups is 1. The number of rotatable bonds is 3. The Morgan fingerprint density at radius 2 is 1.94 bits per heavy atom. The van der Waals surface area contributed by atoms with Gasteiger partial charge in [-0.25, -0.2) is 9.59 Å².